The molecule has 0 aliphatic carbocycles. The summed E-state index contributed by atoms with van der Waals surface area (Å²) < 4.78 is 0. The molecule has 1 unspecified atom stereocenters. The lowest BCUT2D eigenvalue weighted by Crippen LogP contribution is -2.37. The lowest BCUT2D eigenvalue weighted by atomic mass is 9.99. The van der Waals surface area contributed by atoms with Gasteiger partial charge in [0.1, 0.15) is 11.5 Å². The average Bonchev–Trinajstić information content (AvgIpc) is 2.70. The molecule has 1 aromatic heterocycles. The van der Waals surface area contributed by atoms with Crippen molar-refractivity contribution in [3.63, 3.8) is 0 Å². The molecule has 7 heteroatoms. The molecule has 2 aromatic rings. The van der Waals surface area contributed by atoms with Crippen molar-refractivity contribution in [2.75, 3.05) is 29.9 Å². The van der Waals surface area contributed by atoms with Gasteiger partial charge in [0, 0.05) is 25.4 Å². The van der Waals surface area contributed by atoms with Crippen LogP contribution in [0.1, 0.15) is 50.4 Å². The van der Waals surface area contributed by atoms with Crippen LogP contribution < -0.4 is 10.2 Å². The molecule has 1 aliphatic heterocycles. The van der Waals surface area contributed by atoms with Crippen molar-refractivity contribution in [1.82, 2.24) is 4.98 Å². The summed E-state index contributed by atoms with van der Waals surface area (Å²) in [7, 11) is 0. The molecule has 1 aromatic carbocycles. The number of nitrogens with one attached hydrogen (secondary N) is 1. The monoisotopic (exact) mass is 397 g/mol. The van der Waals surface area contributed by atoms with Gasteiger partial charge in [-0.2, -0.15) is 0 Å². The maximum Gasteiger partial charge on any atom is 0.335 e. The number of aryl methyl sites for hydroxylation is 3. The molecule has 29 heavy (non-hydrogen) atoms. The van der Waals surface area contributed by atoms with E-state index >= 15 is 0 Å². The van der Waals surface area contributed by atoms with Crippen molar-refractivity contribution >= 4 is 23.4 Å². The number of carbonyl (C=O) groups is 2. The van der Waals surface area contributed by atoms with Crippen LogP contribution in [0.5, 0.6) is 0 Å². The number of hydrogen-bond acceptors (Lipinski definition) is 5. The number of amides is 1. The minimum Gasteiger partial charge on any atom is -0.478 e. The van der Waals surface area contributed by atoms with E-state index in [-0.39, 0.29) is 24.0 Å². The zero-order valence-electron chi connectivity index (χ0n) is 17.0. The standard InChI is InChI=1S/C22H27N3O4/c1-13-6-7-18(25-8-4-5-16(11-25)12-26)23-20(13)21(27)24-19-14(2)9-17(22(28)29)10-15(19)3/h6-7,9-10,16,26H,4-5,8,11-12H2,1-3H3,(H,24,27)(H,28,29). The van der Waals surface area contributed by atoms with E-state index in [1.165, 1.54) is 0 Å². The first-order valence-corrected chi connectivity index (χ1v) is 9.79. The van der Waals surface area contributed by atoms with Crippen LogP contribution >= 0.6 is 0 Å². The SMILES string of the molecule is Cc1ccc(N2CCCC(CO)C2)nc1C(=O)Nc1c(C)cc(C(=O)O)cc1C. The summed E-state index contributed by atoms with van der Waals surface area (Å²) in [5.41, 5.74) is 3.27. The number of carboxylic acids is 1. The maximum atomic E-state index is 13.0. The summed E-state index contributed by atoms with van der Waals surface area (Å²) in [4.78, 5) is 30.9. The molecule has 0 bridgehead atoms. The molecule has 1 fully saturated rings. The third-order valence-corrected chi connectivity index (χ3v) is 5.42. The Morgan fingerprint density at radius 3 is 2.48 bits per heavy atom. The first-order valence-electron chi connectivity index (χ1n) is 9.79. The molecule has 1 saturated heterocycles. The molecule has 0 spiro atoms. The van der Waals surface area contributed by atoms with Gasteiger partial charge in [0.25, 0.3) is 5.91 Å². The lowest BCUT2D eigenvalue weighted by molar-refractivity contribution is 0.0696. The quantitative estimate of drug-likeness (QED) is 0.716. The molecule has 0 radical (unpaired) electrons. The van der Waals surface area contributed by atoms with Gasteiger partial charge < -0.3 is 20.4 Å². The van der Waals surface area contributed by atoms with Crippen LogP contribution in [0.3, 0.4) is 0 Å². The molecule has 3 N–H and O–H groups in total. The Labute approximate surface area is 170 Å². The summed E-state index contributed by atoms with van der Waals surface area (Å²) in [5, 5.41) is 21.6. The van der Waals surface area contributed by atoms with Crippen LogP contribution in [0, 0.1) is 26.7 Å². The number of carbonyl (C=O) groups excluding carboxylic acids is 1. The number of benzene rings is 1. The third kappa shape index (κ3) is 4.56. The lowest BCUT2D eigenvalue weighted by Gasteiger charge is -2.33. The highest BCUT2D eigenvalue weighted by molar-refractivity contribution is 6.05. The Balaban J connectivity index is 1.85. The Hall–Kier alpha value is -2.93. The fraction of sp³-hybridized carbons (Fsp3) is 0.409. The van der Waals surface area contributed by atoms with E-state index in [0.29, 0.717) is 22.5 Å². The van der Waals surface area contributed by atoms with Gasteiger partial charge in [-0.15, -0.1) is 0 Å². The molecule has 0 saturated carbocycles. The largest absolute Gasteiger partial charge is 0.478 e. The number of rotatable bonds is 5. The zero-order chi connectivity index (χ0) is 21.1. The van der Waals surface area contributed by atoms with Crippen molar-refractivity contribution in [1.29, 1.82) is 0 Å². The molecule has 154 valence electrons. The van der Waals surface area contributed by atoms with E-state index in [1.54, 1.807) is 26.0 Å². The van der Waals surface area contributed by atoms with Gasteiger partial charge in [0.15, 0.2) is 0 Å². The van der Waals surface area contributed by atoms with E-state index in [2.05, 4.69) is 15.2 Å². The highest BCUT2D eigenvalue weighted by Gasteiger charge is 2.22. The van der Waals surface area contributed by atoms with E-state index in [0.717, 1.165) is 37.3 Å². The van der Waals surface area contributed by atoms with Gasteiger partial charge in [-0.05, 0) is 74.4 Å². The normalized spacial score (nSPS) is 16.6. The van der Waals surface area contributed by atoms with Gasteiger partial charge in [-0.3, -0.25) is 4.79 Å². The molecule has 1 amide bonds. The highest BCUT2D eigenvalue weighted by Crippen LogP contribution is 2.25. The van der Waals surface area contributed by atoms with E-state index in [1.807, 2.05) is 19.1 Å². The Morgan fingerprint density at radius 2 is 1.86 bits per heavy atom. The van der Waals surface area contributed by atoms with Crippen LogP contribution in [-0.2, 0) is 0 Å². The molecule has 2 heterocycles. The van der Waals surface area contributed by atoms with E-state index < -0.39 is 5.97 Å². The van der Waals surface area contributed by atoms with Crippen LogP contribution in [0.15, 0.2) is 24.3 Å². The zero-order valence-corrected chi connectivity index (χ0v) is 17.0. The van der Waals surface area contributed by atoms with Crippen LogP contribution in [0.25, 0.3) is 0 Å². The van der Waals surface area contributed by atoms with E-state index in [4.69, 9.17) is 0 Å². The van der Waals surface area contributed by atoms with Gasteiger partial charge in [0.05, 0.1) is 5.56 Å². The minimum absolute atomic E-state index is 0.153. The second kappa shape index (κ2) is 8.61. The van der Waals surface area contributed by atoms with Crippen LogP contribution in [0.2, 0.25) is 0 Å². The summed E-state index contributed by atoms with van der Waals surface area (Å²) in [6.07, 6.45) is 1.98. The number of pyridine rings is 1. The number of hydrogen-bond donors (Lipinski definition) is 3. The fourth-order valence-corrected chi connectivity index (χ4v) is 3.80. The average molecular weight is 397 g/mol. The topological polar surface area (TPSA) is 103 Å². The van der Waals surface area contributed by atoms with E-state index in [9.17, 15) is 19.8 Å². The second-order valence-electron chi connectivity index (χ2n) is 7.72. The summed E-state index contributed by atoms with van der Waals surface area (Å²) in [6.45, 7) is 7.11. The Kier molecular flexibility index (Phi) is 6.17. The van der Waals surface area contributed by atoms with Gasteiger partial charge in [-0.25, -0.2) is 9.78 Å². The Bertz CT molecular complexity index is 919. The Morgan fingerprint density at radius 1 is 1.17 bits per heavy atom. The van der Waals surface area contributed by atoms with Gasteiger partial charge in [-0.1, -0.05) is 6.07 Å². The summed E-state index contributed by atoms with van der Waals surface area (Å²) in [6, 6.07) is 6.88. The molecule has 3 rings (SSSR count). The number of aromatic nitrogens is 1. The fourth-order valence-electron chi connectivity index (χ4n) is 3.80. The molecule has 7 nitrogen and oxygen atoms in total. The van der Waals surface area contributed by atoms with Crippen molar-refractivity contribution in [3.05, 3.63) is 52.2 Å². The molecule has 1 aliphatic rings. The van der Waals surface area contributed by atoms with Gasteiger partial charge >= 0.3 is 5.97 Å². The second-order valence-corrected chi connectivity index (χ2v) is 7.72. The highest BCUT2D eigenvalue weighted by atomic mass is 16.4. The minimum atomic E-state index is -0.998. The molecule has 1 atom stereocenters. The summed E-state index contributed by atoms with van der Waals surface area (Å²) >= 11 is 0. The number of carboxylic acid groups (broad SMARTS) is 1. The predicted octanol–water partition coefficient (Wildman–Crippen LogP) is 3.17. The first kappa shape index (κ1) is 20.8. The first-order chi connectivity index (χ1) is 13.8. The van der Waals surface area contributed by atoms with Crippen molar-refractivity contribution in [2.24, 2.45) is 5.92 Å². The summed E-state index contributed by atoms with van der Waals surface area (Å²) in [5.74, 6) is -0.368. The van der Waals surface area contributed by atoms with Crippen molar-refractivity contribution < 1.29 is 19.8 Å². The molecular formula is C22H27N3O4. The smallest absolute Gasteiger partial charge is 0.335 e. The van der Waals surface area contributed by atoms with Crippen LogP contribution in [0.4, 0.5) is 11.5 Å². The van der Waals surface area contributed by atoms with Gasteiger partial charge in [0.2, 0.25) is 0 Å². The number of aliphatic hydroxyl groups is 1. The van der Waals surface area contributed by atoms with Crippen LogP contribution in [-0.4, -0.2) is 46.8 Å². The number of aliphatic hydroxyl groups excluding tert-OH is 1. The van der Waals surface area contributed by atoms with Crippen molar-refractivity contribution in [3.8, 4) is 0 Å². The van der Waals surface area contributed by atoms with Crippen molar-refractivity contribution in [2.45, 2.75) is 33.6 Å². The number of aromatic carboxylic acids is 1. The predicted molar refractivity (Wildman–Crippen MR) is 112 cm³/mol. The number of nitrogens with zero attached hydrogens (tertiary/aromatic N) is 2. The number of piperidine rings is 1. The molecular weight excluding hydrogens is 370 g/mol. The third-order valence-electron chi connectivity index (χ3n) is 5.42. The maximum absolute atomic E-state index is 13.0. The number of anilines is 2.